The third kappa shape index (κ3) is 4.45. The molecule has 0 unspecified atom stereocenters. The molecule has 0 aromatic heterocycles. The van der Waals surface area contributed by atoms with Crippen LogP contribution in [0.15, 0.2) is 30.3 Å². The van der Waals surface area contributed by atoms with Crippen molar-refractivity contribution in [2.45, 2.75) is 13.1 Å². The first-order chi connectivity index (χ1) is 11.5. The van der Waals surface area contributed by atoms with Gasteiger partial charge in [0.1, 0.15) is 0 Å². The molecule has 132 valence electrons. The van der Waals surface area contributed by atoms with Crippen LogP contribution in [0.5, 0.6) is 0 Å². The largest absolute Gasteiger partial charge is 0.417 e. The van der Waals surface area contributed by atoms with Crippen LogP contribution >= 0.6 is 34.8 Å². The summed E-state index contributed by atoms with van der Waals surface area (Å²) in [5.74, 6) is -1.18. The fraction of sp³-hybridized carbons (Fsp3) is 0.125. The first-order valence-electron chi connectivity index (χ1n) is 6.68. The predicted octanol–water partition coefficient (Wildman–Crippen LogP) is 5.86. The van der Waals surface area contributed by atoms with Gasteiger partial charge in [-0.25, -0.2) is 0 Å². The Bertz CT molecular complexity index is 843. The fourth-order valence-corrected chi connectivity index (χ4v) is 2.98. The van der Waals surface area contributed by atoms with Crippen LogP contribution < -0.4 is 5.32 Å². The van der Waals surface area contributed by atoms with Crippen LogP contribution in [-0.4, -0.2) is 11.7 Å². The zero-order valence-electron chi connectivity index (χ0n) is 12.5. The van der Waals surface area contributed by atoms with E-state index in [-0.39, 0.29) is 32.8 Å². The van der Waals surface area contributed by atoms with E-state index in [1.165, 1.54) is 19.1 Å². The highest BCUT2D eigenvalue weighted by Gasteiger charge is 2.34. The number of alkyl halides is 3. The summed E-state index contributed by atoms with van der Waals surface area (Å²) in [5, 5.41) is 1.70. The van der Waals surface area contributed by atoms with Gasteiger partial charge in [0.2, 0.25) is 5.91 Å². The number of halogens is 6. The van der Waals surface area contributed by atoms with E-state index in [1.54, 1.807) is 0 Å². The topological polar surface area (TPSA) is 46.2 Å². The SMILES string of the molecule is CC(=O)Nc1cc(Cl)c(C(=O)c2ccc(Cl)c(C(F)(F)F)c2)c(Cl)c1. The van der Waals surface area contributed by atoms with Gasteiger partial charge in [0.25, 0.3) is 0 Å². The standard InChI is InChI=1S/C16H9Cl3F3NO2/c1-7(24)23-9-5-12(18)14(13(19)6-9)15(25)8-2-3-11(17)10(4-8)16(20,21)22/h2-6H,1H3,(H,23,24). The van der Waals surface area contributed by atoms with Crippen molar-refractivity contribution in [2.75, 3.05) is 5.32 Å². The highest BCUT2D eigenvalue weighted by molar-refractivity contribution is 6.41. The summed E-state index contributed by atoms with van der Waals surface area (Å²) < 4.78 is 38.8. The fourth-order valence-electron chi connectivity index (χ4n) is 2.09. The smallest absolute Gasteiger partial charge is 0.326 e. The van der Waals surface area contributed by atoms with Crippen molar-refractivity contribution in [3.05, 3.63) is 62.1 Å². The third-order valence-corrected chi connectivity index (χ3v) is 4.05. The summed E-state index contributed by atoms with van der Waals surface area (Å²) in [6, 6.07) is 5.32. The number of nitrogens with one attached hydrogen (secondary N) is 1. The molecule has 0 aliphatic rings. The van der Waals surface area contributed by atoms with Gasteiger partial charge < -0.3 is 5.32 Å². The number of rotatable bonds is 3. The van der Waals surface area contributed by atoms with Gasteiger partial charge in [0.05, 0.1) is 26.2 Å². The average molecular weight is 411 g/mol. The highest BCUT2D eigenvalue weighted by atomic mass is 35.5. The maximum Gasteiger partial charge on any atom is 0.417 e. The van der Waals surface area contributed by atoms with Gasteiger partial charge in [0, 0.05) is 18.2 Å². The van der Waals surface area contributed by atoms with E-state index < -0.39 is 22.5 Å². The maximum atomic E-state index is 12.9. The number of carbonyl (C=O) groups is 2. The van der Waals surface area contributed by atoms with Gasteiger partial charge in [-0.15, -0.1) is 0 Å². The van der Waals surface area contributed by atoms with Gasteiger partial charge in [0.15, 0.2) is 5.78 Å². The second-order valence-corrected chi connectivity index (χ2v) is 6.24. The first-order valence-corrected chi connectivity index (χ1v) is 7.82. The minimum absolute atomic E-state index is 0.107. The average Bonchev–Trinajstić information content (AvgIpc) is 2.44. The lowest BCUT2D eigenvalue weighted by Gasteiger charge is -2.12. The van der Waals surface area contributed by atoms with Gasteiger partial charge >= 0.3 is 6.18 Å². The molecule has 25 heavy (non-hydrogen) atoms. The Balaban J connectivity index is 2.50. The van der Waals surface area contributed by atoms with E-state index >= 15 is 0 Å². The van der Waals surface area contributed by atoms with E-state index in [1.807, 2.05) is 0 Å². The lowest BCUT2D eigenvalue weighted by molar-refractivity contribution is -0.137. The van der Waals surface area contributed by atoms with E-state index in [0.717, 1.165) is 12.1 Å². The molecule has 0 atom stereocenters. The zero-order valence-corrected chi connectivity index (χ0v) is 14.7. The Labute approximate surface area is 155 Å². The van der Waals surface area contributed by atoms with Crippen LogP contribution in [-0.2, 0) is 11.0 Å². The van der Waals surface area contributed by atoms with Gasteiger partial charge in [-0.2, -0.15) is 13.2 Å². The van der Waals surface area contributed by atoms with Crippen molar-refractivity contribution in [2.24, 2.45) is 0 Å². The summed E-state index contributed by atoms with van der Waals surface area (Å²) in [4.78, 5) is 23.6. The van der Waals surface area contributed by atoms with Gasteiger partial charge in [-0.1, -0.05) is 34.8 Å². The number of amides is 1. The second kappa shape index (κ2) is 7.23. The molecule has 2 aromatic rings. The maximum absolute atomic E-state index is 12.9. The molecule has 1 N–H and O–H groups in total. The number of benzene rings is 2. The monoisotopic (exact) mass is 409 g/mol. The van der Waals surface area contributed by atoms with Crippen LogP contribution in [0, 0.1) is 0 Å². The molecule has 0 aliphatic carbocycles. The van der Waals surface area contributed by atoms with Crippen molar-refractivity contribution >= 4 is 52.2 Å². The molecule has 2 aromatic carbocycles. The normalized spacial score (nSPS) is 11.3. The minimum Gasteiger partial charge on any atom is -0.326 e. The molecule has 0 bridgehead atoms. The highest BCUT2D eigenvalue weighted by Crippen LogP contribution is 2.37. The second-order valence-electron chi connectivity index (χ2n) is 5.02. The van der Waals surface area contributed by atoms with Crippen molar-refractivity contribution in [1.82, 2.24) is 0 Å². The molecule has 3 nitrogen and oxygen atoms in total. The van der Waals surface area contributed by atoms with Crippen molar-refractivity contribution in [3.63, 3.8) is 0 Å². The van der Waals surface area contributed by atoms with Crippen LogP contribution in [0.3, 0.4) is 0 Å². The number of hydrogen-bond acceptors (Lipinski definition) is 2. The lowest BCUT2D eigenvalue weighted by atomic mass is 10.0. The van der Waals surface area contributed by atoms with Gasteiger partial charge in [-0.05, 0) is 30.3 Å². The quantitative estimate of drug-likeness (QED) is 0.645. The molecule has 2 rings (SSSR count). The Hall–Kier alpha value is -1.76. The molecule has 0 spiro atoms. The van der Waals surface area contributed by atoms with Crippen LogP contribution in [0.1, 0.15) is 28.4 Å². The summed E-state index contributed by atoms with van der Waals surface area (Å²) in [6.07, 6.45) is -4.71. The number of hydrogen-bond donors (Lipinski definition) is 1. The molecule has 0 radical (unpaired) electrons. The van der Waals surface area contributed by atoms with Crippen molar-refractivity contribution in [3.8, 4) is 0 Å². The van der Waals surface area contributed by atoms with Crippen LogP contribution in [0.4, 0.5) is 18.9 Å². The van der Waals surface area contributed by atoms with Gasteiger partial charge in [-0.3, -0.25) is 9.59 Å². The molecule has 0 saturated carbocycles. The van der Waals surface area contributed by atoms with Crippen LogP contribution in [0.2, 0.25) is 15.1 Å². The van der Waals surface area contributed by atoms with Crippen molar-refractivity contribution < 1.29 is 22.8 Å². The first kappa shape index (κ1) is 19.6. The molecular weight excluding hydrogens is 402 g/mol. The molecule has 9 heteroatoms. The number of anilines is 1. The molecule has 0 heterocycles. The molecule has 1 amide bonds. The summed E-state index contributed by atoms with van der Waals surface area (Å²) in [6.45, 7) is 1.27. The number of carbonyl (C=O) groups excluding carboxylic acids is 2. The minimum atomic E-state index is -4.71. The summed E-state index contributed by atoms with van der Waals surface area (Å²) in [7, 11) is 0. The Morgan fingerprint density at radius 1 is 0.960 bits per heavy atom. The Morgan fingerprint density at radius 3 is 2.00 bits per heavy atom. The Morgan fingerprint density at radius 2 is 1.52 bits per heavy atom. The lowest BCUT2D eigenvalue weighted by Crippen LogP contribution is -2.10. The number of ketones is 1. The third-order valence-electron chi connectivity index (χ3n) is 3.12. The zero-order chi connectivity index (χ0) is 18.9. The van der Waals surface area contributed by atoms with E-state index in [9.17, 15) is 22.8 Å². The molecule has 0 saturated heterocycles. The summed E-state index contributed by atoms with van der Waals surface area (Å²) in [5.41, 5.74) is -1.33. The molecule has 0 fully saturated rings. The van der Waals surface area contributed by atoms with E-state index in [4.69, 9.17) is 34.8 Å². The summed E-state index contributed by atoms with van der Waals surface area (Å²) >= 11 is 17.6. The molecule has 0 aliphatic heterocycles. The molecular formula is C16H9Cl3F3NO2. The predicted molar refractivity (Wildman–Crippen MR) is 90.7 cm³/mol. The Kier molecular flexibility index (Phi) is 5.66. The van der Waals surface area contributed by atoms with E-state index in [0.29, 0.717) is 6.07 Å². The van der Waals surface area contributed by atoms with Crippen molar-refractivity contribution in [1.29, 1.82) is 0 Å². The van der Waals surface area contributed by atoms with E-state index in [2.05, 4.69) is 5.32 Å². The van der Waals surface area contributed by atoms with Crippen LogP contribution in [0.25, 0.3) is 0 Å².